The summed E-state index contributed by atoms with van der Waals surface area (Å²) in [5, 5.41) is 2.99. The molecule has 0 heterocycles. The number of rotatable bonds is 6. The van der Waals surface area contributed by atoms with Crippen LogP contribution in [-0.4, -0.2) is 28.3 Å². The minimum Gasteiger partial charge on any atom is -0.350 e. The van der Waals surface area contributed by atoms with Crippen molar-refractivity contribution in [1.29, 1.82) is 0 Å². The Bertz CT molecular complexity index is 822. The summed E-state index contributed by atoms with van der Waals surface area (Å²) in [5.41, 5.74) is 4.00. The van der Waals surface area contributed by atoms with E-state index in [1.54, 1.807) is 11.8 Å². The van der Waals surface area contributed by atoms with Crippen LogP contribution in [0, 0.1) is 13.8 Å². The normalized spacial score (nSPS) is 12.4. The van der Waals surface area contributed by atoms with Crippen LogP contribution in [0.15, 0.2) is 48.5 Å². The van der Waals surface area contributed by atoms with Gasteiger partial charge in [0.15, 0.2) is 0 Å². The molecule has 2 rings (SSSR count). The monoisotopic (exact) mass is 380 g/mol. The highest BCUT2D eigenvalue weighted by Crippen LogP contribution is 2.15. The Hall–Kier alpha value is -2.62. The van der Waals surface area contributed by atoms with Crippen LogP contribution >= 0.6 is 0 Å². The zero-order valence-corrected chi connectivity index (χ0v) is 17.9. The number of hydrogen-bond acceptors (Lipinski definition) is 2. The molecule has 4 nitrogen and oxygen atoms in total. The molecule has 1 atom stereocenters. The van der Waals surface area contributed by atoms with Crippen molar-refractivity contribution >= 4 is 11.8 Å². The SMILES string of the molecule is Cc1ccc(CC(=O)N(Cc2ccccc2)C(C)C(=O)NC(C)(C)C)cc1C. The Morgan fingerprint density at radius 1 is 0.964 bits per heavy atom. The Morgan fingerprint density at radius 3 is 2.18 bits per heavy atom. The third-order valence-corrected chi connectivity index (χ3v) is 4.79. The fourth-order valence-corrected chi connectivity index (χ4v) is 3.03. The molecule has 0 aromatic heterocycles. The minimum absolute atomic E-state index is 0.0522. The second kappa shape index (κ2) is 9.05. The van der Waals surface area contributed by atoms with E-state index in [1.807, 2.05) is 76.2 Å². The average Bonchev–Trinajstić information content (AvgIpc) is 2.61. The van der Waals surface area contributed by atoms with Gasteiger partial charge in [-0.1, -0.05) is 48.5 Å². The lowest BCUT2D eigenvalue weighted by molar-refractivity contribution is -0.140. The fourth-order valence-electron chi connectivity index (χ4n) is 3.03. The molecule has 0 aliphatic carbocycles. The molecule has 1 N–H and O–H groups in total. The maximum Gasteiger partial charge on any atom is 0.242 e. The number of carbonyl (C=O) groups is 2. The Balaban J connectivity index is 2.24. The molecule has 0 aliphatic rings. The fraction of sp³-hybridized carbons (Fsp3) is 0.417. The third-order valence-electron chi connectivity index (χ3n) is 4.79. The van der Waals surface area contributed by atoms with Crippen molar-refractivity contribution in [1.82, 2.24) is 10.2 Å². The summed E-state index contributed by atoms with van der Waals surface area (Å²) < 4.78 is 0. The van der Waals surface area contributed by atoms with Crippen LogP contribution in [0.2, 0.25) is 0 Å². The van der Waals surface area contributed by atoms with E-state index in [4.69, 9.17) is 0 Å². The molecular formula is C24H32N2O2. The summed E-state index contributed by atoms with van der Waals surface area (Å²) in [7, 11) is 0. The Labute approximate surface area is 169 Å². The molecule has 2 aromatic carbocycles. The first kappa shape index (κ1) is 21.7. The Morgan fingerprint density at radius 2 is 1.61 bits per heavy atom. The van der Waals surface area contributed by atoms with Crippen LogP contribution in [0.25, 0.3) is 0 Å². The largest absolute Gasteiger partial charge is 0.350 e. The second-order valence-corrected chi connectivity index (χ2v) is 8.52. The van der Waals surface area contributed by atoms with Gasteiger partial charge < -0.3 is 10.2 Å². The molecule has 0 spiro atoms. The highest BCUT2D eigenvalue weighted by molar-refractivity contribution is 5.88. The van der Waals surface area contributed by atoms with Crippen molar-refractivity contribution in [3.05, 3.63) is 70.8 Å². The van der Waals surface area contributed by atoms with E-state index in [1.165, 1.54) is 11.1 Å². The number of amides is 2. The number of aryl methyl sites for hydroxylation is 2. The zero-order chi connectivity index (χ0) is 20.9. The van der Waals surface area contributed by atoms with E-state index in [-0.39, 0.29) is 23.8 Å². The predicted molar refractivity (Wildman–Crippen MR) is 114 cm³/mol. The molecule has 28 heavy (non-hydrogen) atoms. The van der Waals surface area contributed by atoms with Crippen LogP contribution in [0.1, 0.15) is 49.9 Å². The van der Waals surface area contributed by atoms with E-state index >= 15 is 0 Å². The van der Waals surface area contributed by atoms with Gasteiger partial charge in [-0.05, 0) is 63.8 Å². The quantitative estimate of drug-likeness (QED) is 0.817. The first-order valence-corrected chi connectivity index (χ1v) is 9.78. The highest BCUT2D eigenvalue weighted by atomic mass is 16.2. The molecule has 0 saturated heterocycles. The minimum atomic E-state index is -0.557. The standard InChI is InChI=1S/C24H32N2O2/c1-17-12-13-21(14-18(17)2)15-22(27)26(16-20-10-8-7-9-11-20)19(3)23(28)25-24(4,5)6/h7-14,19H,15-16H2,1-6H3,(H,25,28). The molecule has 4 heteroatoms. The van der Waals surface area contributed by atoms with Crippen molar-refractivity contribution in [2.24, 2.45) is 0 Å². The smallest absolute Gasteiger partial charge is 0.242 e. The van der Waals surface area contributed by atoms with Crippen molar-refractivity contribution < 1.29 is 9.59 Å². The molecule has 2 amide bonds. The second-order valence-electron chi connectivity index (χ2n) is 8.52. The predicted octanol–water partition coefficient (Wildman–Crippen LogP) is 4.18. The van der Waals surface area contributed by atoms with Gasteiger partial charge in [0, 0.05) is 12.1 Å². The summed E-state index contributed by atoms with van der Waals surface area (Å²) >= 11 is 0. The molecule has 2 aromatic rings. The van der Waals surface area contributed by atoms with Gasteiger partial charge in [-0.25, -0.2) is 0 Å². The topological polar surface area (TPSA) is 49.4 Å². The van der Waals surface area contributed by atoms with E-state index < -0.39 is 6.04 Å². The van der Waals surface area contributed by atoms with Crippen molar-refractivity contribution in [3.63, 3.8) is 0 Å². The molecule has 1 unspecified atom stereocenters. The van der Waals surface area contributed by atoms with Crippen LogP contribution in [-0.2, 0) is 22.6 Å². The summed E-state index contributed by atoms with van der Waals surface area (Å²) in [4.78, 5) is 27.6. The molecular weight excluding hydrogens is 348 g/mol. The van der Waals surface area contributed by atoms with Crippen LogP contribution in [0.4, 0.5) is 0 Å². The maximum atomic E-state index is 13.2. The van der Waals surface area contributed by atoms with Crippen LogP contribution in [0.3, 0.4) is 0 Å². The van der Waals surface area contributed by atoms with Gasteiger partial charge in [0.1, 0.15) is 6.04 Å². The van der Waals surface area contributed by atoms with Crippen LogP contribution < -0.4 is 5.32 Å². The van der Waals surface area contributed by atoms with Crippen molar-refractivity contribution in [2.45, 2.75) is 66.1 Å². The molecule has 0 radical (unpaired) electrons. The third kappa shape index (κ3) is 6.22. The van der Waals surface area contributed by atoms with Gasteiger partial charge >= 0.3 is 0 Å². The maximum absolute atomic E-state index is 13.2. The van der Waals surface area contributed by atoms with Gasteiger partial charge in [-0.3, -0.25) is 9.59 Å². The molecule has 0 aliphatic heterocycles. The summed E-state index contributed by atoms with van der Waals surface area (Å²) in [6.45, 7) is 12.1. The van der Waals surface area contributed by atoms with Crippen molar-refractivity contribution in [2.75, 3.05) is 0 Å². The van der Waals surface area contributed by atoms with Gasteiger partial charge in [0.2, 0.25) is 11.8 Å². The number of benzene rings is 2. The first-order chi connectivity index (χ1) is 13.1. The Kier molecular flexibility index (Phi) is 7.00. The number of nitrogens with zero attached hydrogens (tertiary/aromatic N) is 1. The number of nitrogens with one attached hydrogen (secondary N) is 1. The van der Waals surface area contributed by atoms with Crippen LogP contribution in [0.5, 0.6) is 0 Å². The van der Waals surface area contributed by atoms with Gasteiger partial charge in [-0.2, -0.15) is 0 Å². The van der Waals surface area contributed by atoms with E-state index in [9.17, 15) is 9.59 Å². The highest BCUT2D eigenvalue weighted by Gasteiger charge is 2.28. The first-order valence-electron chi connectivity index (χ1n) is 9.78. The summed E-state index contributed by atoms with van der Waals surface area (Å²) in [6.07, 6.45) is 0.279. The summed E-state index contributed by atoms with van der Waals surface area (Å²) in [6, 6.07) is 15.3. The number of hydrogen-bond donors (Lipinski definition) is 1. The zero-order valence-electron chi connectivity index (χ0n) is 17.9. The lowest BCUT2D eigenvalue weighted by Gasteiger charge is -2.31. The molecule has 0 saturated carbocycles. The van der Waals surface area contributed by atoms with Gasteiger partial charge in [0.05, 0.1) is 6.42 Å². The van der Waals surface area contributed by atoms with Crippen molar-refractivity contribution in [3.8, 4) is 0 Å². The summed E-state index contributed by atoms with van der Waals surface area (Å²) in [5.74, 6) is -0.194. The van der Waals surface area contributed by atoms with E-state index in [2.05, 4.69) is 12.2 Å². The van der Waals surface area contributed by atoms with Gasteiger partial charge in [0.25, 0.3) is 0 Å². The van der Waals surface area contributed by atoms with E-state index in [0.29, 0.717) is 6.54 Å². The lowest BCUT2D eigenvalue weighted by atomic mass is 10.0. The van der Waals surface area contributed by atoms with E-state index in [0.717, 1.165) is 11.1 Å². The lowest BCUT2D eigenvalue weighted by Crippen LogP contribution is -2.52. The average molecular weight is 381 g/mol. The van der Waals surface area contributed by atoms with Gasteiger partial charge in [-0.15, -0.1) is 0 Å². The molecule has 0 fully saturated rings. The number of carbonyl (C=O) groups excluding carboxylic acids is 2. The molecule has 150 valence electrons. The molecule has 0 bridgehead atoms.